The Morgan fingerprint density at radius 1 is 0.921 bits per heavy atom. The SMILES string of the molecule is COc1cccc(-c2ccc3nc(-c4cccnc4)nc(NCC(CCc4ccccc4)C(N)=O)c3c2)c1. The number of amides is 1. The molecule has 0 spiro atoms. The minimum atomic E-state index is -0.358. The smallest absolute Gasteiger partial charge is 0.222 e. The lowest BCUT2D eigenvalue weighted by molar-refractivity contribution is -0.121. The molecule has 1 unspecified atom stereocenters. The highest BCUT2D eigenvalue weighted by Crippen LogP contribution is 2.31. The molecule has 0 saturated heterocycles. The van der Waals surface area contributed by atoms with Crippen LogP contribution in [0.2, 0.25) is 0 Å². The molecule has 1 amide bonds. The fourth-order valence-corrected chi connectivity index (χ4v) is 4.42. The number of pyridine rings is 1. The van der Waals surface area contributed by atoms with Crippen molar-refractivity contribution >= 4 is 22.6 Å². The zero-order valence-electron chi connectivity index (χ0n) is 21.2. The maximum atomic E-state index is 12.3. The summed E-state index contributed by atoms with van der Waals surface area (Å²) >= 11 is 0. The van der Waals surface area contributed by atoms with E-state index in [0.29, 0.717) is 24.6 Å². The van der Waals surface area contributed by atoms with Crippen LogP contribution in [0.1, 0.15) is 12.0 Å². The van der Waals surface area contributed by atoms with Crippen LogP contribution in [0.25, 0.3) is 33.4 Å². The Hall–Kier alpha value is -4.78. The third-order valence-electron chi connectivity index (χ3n) is 6.56. The molecule has 0 bridgehead atoms. The number of hydrogen-bond donors (Lipinski definition) is 2. The fraction of sp³-hybridized carbons (Fsp3) is 0.161. The molecule has 0 aliphatic rings. The monoisotopic (exact) mass is 503 g/mol. The minimum absolute atomic E-state index is 0.337. The highest BCUT2D eigenvalue weighted by atomic mass is 16.5. The number of anilines is 1. The molecule has 38 heavy (non-hydrogen) atoms. The average molecular weight is 504 g/mol. The summed E-state index contributed by atoms with van der Waals surface area (Å²) < 4.78 is 5.41. The van der Waals surface area contributed by atoms with E-state index in [-0.39, 0.29) is 11.8 Å². The van der Waals surface area contributed by atoms with Gasteiger partial charge in [0.05, 0.1) is 18.5 Å². The van der Waals surface area contributed by atoms with Crippen LogP contribution in [-0.2, 0) is 11.2 Å². The number of carbonyl (C=O) groups excluding carboxylic acids is 1. The van der Waals surface area contributed by atoms with Crippen molar-refractivity contribution in [3.63, 3.8) is 0 Å². The Kier molecular flexibility index (Phi) is 7.54. The lowest BCUT2D eigenvalue weighted by Gasteiger charge is -2.17. The Labute approximate surface area is 221 Å². The van der Waals surface area contributed by atoms with Gasteiger partial charge in [-0.2, -0.15) is 0 Å². The first-order valence-corrected chi connectivity index (χ1v) is 12.5. The summed E-state index contributed by atoms with van der Waals surface area (Å²) in [5.74, 6) is 1.29. The standard InChI is InChI=1S/C31H29N5O2/c1-38-26-11-5-9-22(17-26)23-14-15-28-27(18-23)31(36-30(35-28)25-10-6-16-33-19-25)34-20-24(29(32)37)13-12-21-7-3-2-4-8-21/h2-11,14-19,24H,12-13,20H2,1H3,(H2,32,37)(H,34,35,36). The summed E-state index contributed by atoms with van der Waals surface area (Å²) in [6.45, 7) is 0.365. The summed E-state index contributed by atoms with van der Waals surface area (Å²) in [6.07, 6.45) is 4.86. The van der Waals surface area contributed by atoms with Crippen molar-refractivity contribution in [2.45, 2.75) is 12.8 Å². The van der Waals surface area contributed by atoms with Gasteiger partial charge in [0.2, 0.25) is 5.91 Å². The molecule has 3 aromatic carbocycles. The van der Waals surface area contributed by atoms with E-state index in [9.17, 15) is 4.79 Å². The number of benzene rings is 3. The first kappa shape index (κ1) is 24.9. The van der Waals surface area contributed by atoms with Crippen LogP contribution in [0.15, 0.2) is 97.3 Å². The van der Waals surface area contributed by atoms with Gasteiger partial charge in [-0.1, -0.05) is 48.5 Å². The number of aryl methyl sites for hydroxylation is 1. The number of ether oxygens (including phenoxy) is 1. The Bertz CT molecular complexity index is 1540. The van der Waals surface area contributed by atoms with Crippen LogP contribution < -0.4 is 15.8 Å². The zero-order valence-corrected chi connectivity index (χ0v) is 21.2. The van der Waals surface area contributed by atoms with E-state index in [0.717, 1.165) is 39.8 Å². The lowest BCUT2D eigenvalue weighted by atomic mass is 9.98. The van der Waals surface area contributed by atoms with Gasteiger partial charge in [0.15, 0.2) is 5.82 Å². The molecule has 0 fully saturated rings. The van der Waals surface area contributed by atoms with E-state index in [1.807, 2.05) is 66.7 Å². The van der Waals surface area contributed by atoms with E-state index in [4.69, 9.17) is 20.4 Å². The molecule has 5 aromatic rings. The van der Waals surface area contributed by atoms with Gasteiger partial charge in [-0.15, -0.1) is 0 Å². The highest BCUT2D eigenvalue weighted by molar-refractivity contribution is 5.94. The molecule has 5 rings (SSSR count). The van der Waals surface area contributed by atoms with Gasteiger partial charge < -0.3 is 15.8 Å². The summed E-state index contributed by atoms with van der Waals surface area (Å²) in [6, 6.07) is 27.9. The number of nitrogens with zero attached hydrogens (tertiary/aromatic N) is 3. The number of rotatable bonds is 10. The second-order valence-electron chi connectivity index (χ2n) is 9.11. The molecular formula is C31H29N5O2. The van der Waals surface area contributed by atoms with E-state index in [1.165, 1.54) is 5.56 Å². The molecule has 0 radical (unpaired) electrons. The number of aromatic nitrogens is 3. The number of methoxy groups -OCH3 is 1. The summed E-state index contributed by atoms with van der Waals surface area (Å²) in [5.41, 5.74) is 10.6. The molecule has 3 N–H and O–H groups in total. The molecule has 7 nitrogen and oxygen atoms in total. The average Bonchev–Trinajstić information content (AvgIpc) is 2.97. The molecule has 0 aliphatic heterocycles. The number of nitrogens with one attached hydrogen (secondary N) is 1. The lowest BCUT2D eigenvalue weighted by Crippen LogP contribution is -2.30. The predicted octanol–water partition coefficient (Wildman–Crippen LogP) is 5.51. The first-order chi connectivity index (χ1) is 18.6. The first-order valence-electron chi connectivity index (χ1n) is 12.5. The van der Waals surface area contributed by atoms with Gasteiger partial charge in [0.25, 0.3) is 0 Å². The summed E-state index contributed by atoms with van der Waals surface area (Å²) in [7, 11) is 1.66. The van der Waals surface area contributed by atoms with Crippen molar-refractivity contribution in [3.8, 4) is 28.3 Å². The van der Waals surface area contributed by atoms with Crippen molar-refractivity contribution in [1.29, 1.82) is 0 Å². The van der Waals surface area contributed by atoms with Crippen LogP contribution >= 0.6 is 0 Å². The van der Waals surface area contributed by atoms with Gasteiger partial charge in [-0.25, -0.2) is 9.97 Å². The van der Waals surface area contributed by atoms with Gasteiger partial charge in [-0.3, -0.25) is 9.78 Å². The van der Waals surface area contributed by atoms with Crippen LogP contribution in [-0.4, -0.2) is 34.5 Å². The number of hydrogen-bond acceptors (Lipinski definition) is 6. The molecular weight excluding hydrogens is 474 g/mol. The maximum absolute atomic E-state index is 12.3. The van der Waals surface area contributed by atoms with Crippen molar-refractivity contribution in [1.82, 2.24) is 15.0 Å². The Morgan fingerprint density at radius 3 is 2.50 bits per heavy atom. The third kappa shape index (κ3) is 5.78. The topological polar surface area (TPSA) is 103 Å². The van der Waals surface area contributed by atoms with Crippen molar-refractivity contribution < 1.29 is 9.53 Å². The van der Waals surface area contributed by atoms with Crippen LogP contribution in [0.3, 0.4) is 0 Å². The quantitative estimate of drug-likeness (QED) is 0.260. The van der Waals surface area contributed by atoms with Gasteiger partial charge in [-0.05, 0) is 65.9 Å². The number of carbonyl (C=O) groups is 1. The van der Waals surface area contributed by atoms with Crippen molar-refractivity contribution in [3.05, 3.63) is 103 Å². The number of primary amides is 1. The molecule has 0 saturated carbocycles. The summed E-state index contributed by atoms with van der Waals surface area (Å²) in [4.78, 5) is 26.2. The van der Waals surface area contributed by atoms with Gasteiger partial charge in [0, 0.05) is 29.9 Å². The second-order valence-corrected chi connectivity index (χ2v) is 9.11. The Balaban J connectivity index is 1.49. The molecule has 1 atom stereocenters. The maximum Gasteiger partial charge on any atom is 0.222 e. The summed E-state index contributed by atoms with van der Waals surface area (Å²) in [5, 5.41) is 4.27. The second kappa shape index (κ2) is 11.5. The normalized spacial score (nSPS) is 11.7. The van der Waals surface area contributed by atoms with E-state index >= 15 is 0 Å². The van der Waals surface area contributed by atoms with Crippen LogP contribution in [0, 0.1) is 5.92 Å². The Morgan fingerprint density at radius 2 is 1.74 bits per heavy atom. The number of fused-ring (bicyclic) bond motifs is 1. The molecule has 2 heterocycles. The van der Waals surface area contributed by atoms with Gasteiger partial charge >= 0.3 is 0 Å². The highest BCUT2D eigenvalue weighted by Gasteiger charge is 2.18. The molecule has 2 aromatic heterocycles. The van der Waals surface area contributed by atoms with Gasteiger partial charge in [0.1, 0.15) is 11.6 Å². The predicted molar refractivity (Wildman–Crippen MR) is 151 cm³/mol. The van der Waals surface area contributed by atoms with Crippen molar-refractivity contribution in [2.75, 3.05) is 19.0 Å². The zero-order chi connectivity index (χ0) is 26.3. The van der Waals surface area contributed by atoms with Crippen LogP contribution in [0.4, 0.5) is 5.82 Å². The number of nitrogens with two attached hydrogens (primary N) is 1. The van der Waals surface area contributed by atoms with E-state index < -0.39 is 0 Å². The largest absolute Gasteiger partial charge is 0.497 e. The molecule has 7 heteroatoms. The molecule has 0 aliphatic carbocycles. The van der Waals surface area contributed by atoms with Crippen LogP contribution in [0.5, 0.6) is 5.75 Å². The third-order valence-corrected chi connectivity index (χ3v) is 6.56. The van der Waals surface area contributed by atoms with E-state index in [1.54, 1.807) is 19.5 Å². The fourth-order valence-electron chi connectivity index (χ4n) is 4.42. The van der Waals surface area contributed by atoms with E-state index in [2.05, 4.69) is 28.5 Å². The van der Waals surface area contributed by atoms with Crippen molar-refractivity contribution in [2.24, 2.45) is 11.7 Å². The minimum Gasteiger partial charge on any atom is -0.497 e. The molecule has 190 valence electrons.